The summed E-state index contributed by atoms with van der Waals surface area (Å²) in [5.74, 6) is -0.0404. The molecule has 2 atom stereocenters. The molecule has 1 amide bonds. The van der Waals surface area contributed by atoms with E-state index in [-0.39, 0.29) is 18.5 Å². The maximum atomic E-state index is 12.4. The van der Waals surface area contributed by atoms with Crippen LogP contribution >= 0.6 is 0 Å². The Hall–Kier alpha value is -1.66. The van der Waals surface area contributed by atoms with Crippen molar-refractivity contribution in [3.8, 4) is 0 Å². The van der Waals surface area contributed by atoms with Gasteiger partial charge in [-0.1, -0.05) is 366 Å². The average molecular weight is 1130 g/mol. The predicted molar refractivity (Wildman–Crippen MR) is 352 cm³/mol. The maximum absolute atomic E-state index is 12.4. The molecule has 0 spiro atoms. The summed E-state index contributed by atoms with van der Waals surface area (Å²) in [6.07, 6.45) is 88.6. The zero-order valence-electron chi connectivity index (χ0n) is 54.3. The minimum absolute atomic E-state index is 0.0239. The number of rotatable bonds is 69. The number of unbranched alkanes of at least 4 members (excludes halogenated alkanes) is 56. The van der Waals surface area contributed by atoms with Crippen molar-refractivity contribution >= 4 is 11.9 Å². The third-order valence-electron chi connectivity index (χ3n) is 17.2. The summed E-state index contributed by atoms with van der Waals surface area (Å²) in [6.45, 7) is 4.93. The molecule has 0 radical (unpaired) electrons. The zero-order chi connectivity index (χ0) is 57.8. The van der Waals surface area contributed by atoms with Crippen LogP contribution in [-0.4, -0.2) is 47.4 Å². The molecule has 474 valence electrons. The van der Waals surface area contributed by atoms with Crippen molar-refractivity contribution in [3.05, 3.63) is 24.3 Å². The van der Waals surface area contributed by atoms with E-state index in [9.17, 15) is 19.8 Å². The lowest BCUT2D eigenvalue weighted by molar-refractivity contribution is -0.143. The molecule has 2 unspecified atom stereocenters. The SMILES string of the molecule is CCCCCCCCCCC/C=C/C(O)C(CO)NC(=O)CCCCCCCCCCCCCCCCCCC/C=C\CCCCCCCCCCCCCCOC(=O)CCCCCCCCCCCCCCCCCCCCC. The van der Waals surface area contributed by atoms with Gasteiger partial charge in [0.05, 0.1) is 25.4 Å². The van der Waals surface area contributed by atoms with Crippen LogP contribution in [0.5, 0.6) is 0 Å². The molecule has 0 aliphatic carbocycles. The van der Waals surface area contributed by atoms with E-state index >= 15 is 0 Å². The first-order valence-electron chi connectivity index (χ1n) is 36.6. The van der Waals surface area contributed by atoms with Gasteiger partial charge in [-0.05, 0) is 57.8 Å². The summed E-state index contributed by atoms with van der Waals surface area (Å²) >= 11 is 0. The molecule has 80 heavy (non-hydrogen) atoms. The van der Waals surface area contributed by atoms with E-state index in [4.69, 9.17) is 4.74 Å². The summed E-state index contributed by atoms with van der Waals surface area (Å²) < 4.78 is 5.52. The Balaban J connectivity index is 3.32. The van der Waals surface area contributed by atoms with Crippen molar-refractivity contribution in [1.29, 1.82) is 0 Å². The Bertz CT molecular complexity index is 1250. The highest BCUT2D eigenvalue weighted by molar-refractivity contribution is 5.76. The average Bonchev–Trinajstić information content (AvgIpc) is 3.46. The van der Waals surface area contributed by atoms with Crippen LogP contribution in [0.15, 0.2) is 24.3 Å². The zero-order valence-corrected chi connectivity index (χ0v) is 54.3. The molecular weight excluding hydrogens is 983 g/mol. The molecule has 0 saturated heterocycles. The molecule has 0 aromatic carbocycles. The van der Waals surface area contributed by atoms with Crippen LogP contribution in [0.25, 0.3) is 0 Å². The summed E-state index contributed by atoms with van der Waals surface area (Å²) in [6, 6.07) is -0.624. The normalized spacial score (nSPS) is 12.6. The number of allylic oxidation sites excluding steroid dienone is 3. The number of aliphatic hydroxyl groups excluding tert-OH is 2. The lowest BCUT2D eigenvalue weighted by Gasteiger charge is -2.20. The Labute approximate surface area is 501 Å². The number of carbonyl (C=O) groups is 2. The molecule has 6 heteroatoms. The number of carbonyl (C=O) groups excluding carboxylic acids is 2. The van der Waals surface area contributed by atoms with Gasteiger partial charge in [0.2, 0.25) is 5.91 Å². The molecular formula is C74H143NO5. The number of aliphatic hydroxyl groups is 2. The van der Waals surface area contributed by atoms with Crippen molar-refractivity contribution in [2.45, 2.75) is 424 Å². The second-order valence-corrected chi connectivity index (χ2v) is 25.3. The largest absolute Gasteiger partial charge is 0.466 e. The maximum Gasteiger partial charge on any atom is 0.305 e. The van der Waals surface area contributed by atoms with Gasteiger partial charge in [0.25, 0.3) is 0 Å². The highest BCUT2D eigenvalue weighted by atomic mass is 16.5. The van der Waals surface area contributed by atoms with E-state index in [0.717, 1.165) is 38.5 Å². The second kappa shape index (κ2) is 69.8. The fourth-order valence-electron chi connectivity index (χ4n) is 11.6. The summed E-state index contributed by atoms with van der Waals surface area (Å²) in [4.78, 5) is 24.6. The topological polar surface area (TPSA) is 95.9 Å². The highest BCUT2D eigenvalue weighted by Gasteiger charge is 2.18. The van der Waals surface area contributed by atoms with Crippen LogP contribution in [0.3, 0.4) is 0 Å². The lowest BCUT2D eigenvalue weighted by atomic mass is 10.0. The van der Waals surface area contributed by atoms with E-state index in [0.29, 0.717) is 19.4 Å². The molecule has 3 N–H and O–H groups in total. The van der Waals surface area contributed by atoms with Gasteiger partial charge in [0.1, 0.15) is 0 Å². The van der Waals surface area contributed by atoms with E-state index in [1.165, 1.54) is 347 Å². The molecule has 0 heterocycles. The smallest absolute Gasteiger partial charge is 0.305 e. The van der Waals surface area contributed by atoms with Gasteiger partial charge in [-0.15, -0.1) is 0 Å². The number of hydrogen-bond donors (Lipinski definition) is 3. The Morgan fingerprint density at radius 3 is 0.887 bits per heavy atom. The third kappa shape index (κ3) is 65.5. The molecule has 0 bridgehead atoms. The van der Waals surface area contributed by atoms with Crippen LogP contribution in [-0.2, 0) is 14.3 Å². The van der Waals surface area contributed by atoms with E-state index < -0.39 is 12.1 Å². The fourth-order valence-corrected chi connectivity index (χ4v) is 11.6. The standard InChI is InChI=1S/C74H143NO5/c1-3-5-7-9-11-13-15-16-17-18-34-38-41-44-48-52-56-60-64-68-74(79)80-69-65-61-57-53-49-45-42-39-36-33-31-29-27-25-23-21-19-20-22-24-26-28-30-32-35-37-40-43-47-51-55-59-63-67-73(78)75-71(70-76)72(77)66-62-58-54-50-46-14-12-10-8-6-4-2/h23,25,62,66,71-72,76-77H,3-22,24,26-61,63-65,67-70H2,1-2H3,(H,75,78)/b25-23-,66-62+. The number of amides is 1. The van der Waals surface area contributed by atoms with Crippen LogP contribution in [0.2, 0.25) is 0 Å². The van der Waals surface area contributed by atoms with Crippen molar-refractivity contribution in [2.75, 3.05) is 13.2 Å². The minimum atomic E-state index is -0.840. The van der Waals surface area contributed by atoms with Gasteiger partial charge in [-0.25, -0.2) is 0 Å². The highest BCUT2D eigenvalue weighted by Crippen LogP contribution is 2.19. The van der Waals surface area contributed by atoms with Gasteiger partial charge in [0, 0.05) is 12.8 Å². The van der Waals surface area contributed by atoms with Gasteiger partial charge < -0.3 is 20.3 Å². The first-order valence-corrected chi connectivity index (χ1v) is 36.6. The van der Waals surface area contributed by atoms with E-state index in [2.05, 4.69) is 31.3 Å². The molecule has 0 aromatic rings. The fraction of sp³-hybridized carbons (Fsp3) is 0.919. The summed E-state index contributed by atoms with van der Waals surface area (Å²) in [7, 11) is 0. The van der Waals surface area contributed by atoms with Gasteiger partial charge in [0.15, 0.2) is 0 Å². The van der Waals surface area contributed by atoms with Crippen molar-refractivity contribution in [3.63, 3.8) is 0 Å². The molecule has 0 aliphatic heterocycles. The Morgan fingerprint density at radius 1 is 0.338 bits per heavy atom. The van der Waals surface area contributed by atoms with Crippen LogP contribution in [0, 0.1) is 0 Å². The van der Waals surface area contributed by atoms with Crippen molar-refractivity contribution < 1.29 is 24.5 Å². The number of hydrogen-bond acceptors (Lipinski definition) is 5. The first-order chi connectivity index (χ1) is 39.5. The predicted octanol–water partition coefficient (Wildman–Crippen LogP) is 23.7. The Kier molecular flexibility index (Phi) is 68.4. The molecule has 6 nitrogen and oxygen atoms in total. The van der Waals surface area contributed by atoms with Gasteiger partial charge in [-0.2, -0.15) is 0 Å². The first kappa shape index (κ1) is 78.3. The molecule has 0 aliphatic rings. The number of esters is 1. The lowest BCUT2D eigenvalue weighted by Crippen LogP contribution is -2.45. The summed E-state index contributed by atoms with van der Waals surface area (Å²) in [5, 5.41) is 23.1. The molecule has 0 fully saturated rings. The van der Waals surface area contributed by atoms with Crippen molar-refractivity contribution in [1.82, 2.24) is 5.32 Å². The third-order valence-corrected chi connectivity index (χ3v) is 17.2. The molecule has 0 saturated carbocycles. The molecule has 0 rings (SSSR count). The van der Waals surface area contributed by atoms with E-state index in [1.54, 1.807) is 6.08 Å². The van der Waals surface area contributed by atoms with Gasteiger partial charge >= 0.3 is 5.97 Å². The van der Waals surface area contributed by atoms with Crippen LogP contribution in [0.4, 0.5) is 0 Å². The van der Waals surface area contributed by atoms with Crippen LogP contribution in [0.1, 0.15) is 412 Å². The molecule has 0 aromatic heterocycles. The monoisotopic (exact) mass is 1130 g/mol. The second-order valence-electron chi connectivity index (χ2n) is 25.3. The minimum Gasteiger partial charge on any atom is -0.466 e. The summed E-state index contributed by atoms with van der Waals surface area (Å²) in [5.41, 5.74) is 0. The quantitative estimate of drug-likeness (QED) is 0.0320. The Morgan fingerprint density at radius 2 is 0.588 bits per heavy atom. The number of nitrogens with one attached hydrogen (secondary N) is 1. The van der Waals surface area contributed by atoms with Crippen molar-refractivity contribution in [2.24, 2.45) is 0 Å². The number of ether oxygens (including phenoxy) is 1. The van der Waals surface area contributed by atoms with Crippen LogP contribution < -0.4 is 5.32 Å². The van der Waals surface area contributed by atoms with Gasteiger partial charge in [-0.3, -0.25) is 9.59 Å². The van der Waals surface area contributed by atoms with E-state index in [1.807, 2.05) is 6.08 Å².